The third-order valence-electron chi connectivity index (χ3n) is 4.63. The maximum absolute atomic E-state index is 12.9. The van der Waals surface area contributed by atoms with E-state index in [2.05, 4.69) is 15.4 Å². The smallest absolute Gasteiger partial charge is 0.274 e. The topological polar surface area (TPSA) is 71.8 Å². The van der Waals surface area contributed by atoms with E-state index in [-0.39, 0.29) is 5.91 Å². The molecule has 1 saturated heterocycles. The molecule has 1 aliphatic rings. The van der Waals surface area contributed by atoms with Crippen molar-refractivity contribution in [3.63, 3.8) is 0 Å². The van der Waals surface area contributed by atoms with Crippen LogP contribution in [0, 0.1) is 6.92 Å². The number of nitrogens with zero attached hydrogens (tertiary/aromatic N) is 4. The lowest BCUT2D eigenvalue weighted by molar-refractivity contribution is 0.0297. The van der Waals surface area contributed by atoms with E-state index in [1.807, 2.05) is 25.1 Å². The molecule has 0 saturated carbocycles. The van der Waals surface area contributed by atoms with E-state index >= 15 is 0 Å². The molecular formula is C19H19Cl2N5O2. The van der Waals surface area contributed by atoms with Gasteiger partial charge in [0.2, 0.25) is 0 Å². The Kier molecular flexibility index (Phi) is 5.39. The third-order valence-corrected chi connectivity index (χ3v) is 5.37. The van der Waals surface area contributed by atoms with Crippen molar-refractivity contribution in [2.75, 3.05) is 31.6 Å². The van der Waals surface area contributed by atoms with Crippen LogP contribution in [0.5, 0.6) is 0 Å². The number of amides is 1. The highest BCUT2D eigenvalue weighted by Gasteiger charge is 2.23. The largest absolute Gasteiger partial charge is 0.378 e. The van der Waals surface area contributed by atoms with Crippen molar-refractivity contribution in [2.45, 2.75) is 13.5 Å². The summed E-state index contributed by atoms with van der Waals surface area (Å²) in [4.78, 5) is 19.0. The number of fused-ring (bicyclic) bond motifs is 1. The van der Waals surface area contributed by atoms with E-state index in [9.17, 15) is 4.79 Å². The molecule has 0 aliphatic carbocycles. The van der Waals surface area contributed by atoms with Crippen LogP contribution in [-0.2, 0) is 11.3 Å². The van der Waals surface area contributed by atoms with E-state index in [1.165, 1.54) is 0 Å². The van der Waals surface area contributed by atoms with Crippen LogP contribution >= 0.6 is 23.2 Å². The summed E-state index contributed by atoms with van der Waals surface area (Å²) in [5.41, 5.74) is 3.01. The average Bonchev–Trinajstić information content (AvgIpc) is 3.13. The van der Waals surface area contributed by atoms with Gasteiger partial charge in [0.15, 0.2) is 11.3 Å². The average molecular weight is 420 g/mol. The van der Waals surface area contributed by atoms with Crippen LogP contribution in [0.3, 0.4) is 0 Å². The van der Waals surface area contributed by atoms with Gasteiger partial charge in [-0.3, -0.25) is 4.79 Å². The quantitative estimate of drug-likeness (QED) is 0.701. The Hall–Kier alpha value is -2.35. The highest BCUT2D eigenvalue weighted by Crippen LogP contribution is 2.23. The second kappa shape index (κ2) is 7.95. The number of hydrogen-bond acceptors (Lipinski definition) is 5. The lowest BCUT2D eigenvalue weighted by atomic mass is 10.2. The Morgan fingerprint density at radius 3 is 2.75 bits per heavy atom. The SMILES string of the molecule is Cc1cc(NCc2ccc(Cl)c(Cl)c2)nn2c(C(=O)N3CCOCC3)cnc12. The normalized spacial score (nSPS) is 14.5. The van der Waals surface area contributed by atoms with Crippen LogP contribution in [0.1, 0.15) is 21.6 Å². The summed E-state index contributed by atoms with van der Waals surface area (Å²) >= 11 is 12.0. The van der Waals surface area contributed by atoms with Crippen LogP contribution < -0.4 is 5.32 Å². The summed E-state index contributed by atoms with van der Waals surface area (Å²) in [5, 5.41) is 8.87. The first-order valence-corrected chi connectivity index (χ1v) is 9.69. The monoisotopic (exact) mass is 419 g/mol. The molecule has 0 radical (unpaired) electrons. The molecule has 0 bridgehead atoms. The summed E-state index contributed by atoms with van der Waals surface area (Å²) < 4.78 is 6.92. The molecule has 0 spiro atoms. The van der Waals surface area contributed by atoms with Crippen LogP contribution in [-0.4, -0.2) is 51.7 Å². The molecule has 1 amide bonds. The Bertz CT molecular complexity index is 1030. The summed E-state index contributed by atoms with van der Waals surface area (Å²) in [6.07, 6.45) is 1.58. The number of imidazole rings is 1. The number of nitrogens with one attached hydrogen (secondary N) is 1. The second-order valence-electron chi connectivity index (χ2n) is 6.60. The second-order valence-corrected chi connectivity index (χ2v) is 7.41. The first-order chi connectivity index (χ1) is 13.5. The fourth-order valence-electron chi connectivity index (χ4n) is 3.12. The van der Waals surface area contributed by atoms with Gasteiger partial charge in [-0.25, -0.2) is 9.50 Å². The third kappa shape index (κ3) is 3.78. The van der Waals surface area contributed by atoms with Crippen molar-refractivity contribution < 1.29 is 9.53 Å². The van der Waals surface area contributed by atoms with Crippen LogP contribution in [0.2, 0.25) is 10.0 Å². The van der Waals surface area contributed by atoms with Gasteiger partial charge >= 0.3 is 0 Å². The van der Waals surface area contributed by atoms with Gasteiger partial charge < -0.3 is 15.0 Å². The Labute approximate surface area is 172 Å². The maximum atomic E-state index is 12.9. The van der Waals surface area contributed by atoms with Crippen LogP contribution in [0.4, 0.5) is 5.82 Å². The van der Waals surface area contributed by atoms with E-state index < -0.39 is 0 Å². The highest BCUT2D eigenvalue weighted by molar-refractivity contribution is 6.42. The molecule has 28 heavy (non-hydrogen) atoms. The molecule has 3 heterocycles. The van der Waals surface area contributed by atoms with E-state index in [0.29, 0.717) is 60.1 Å². The first-order valence-electron chi connectivity index (χ1n) is 8.93. The van der Waals surface area contributed by atoms with Gasteiger partial charge in [-0.05, 0) is 36.2 Å². The number of carbonyl (C=O) groups excluding carboxylic acids is 1. The number of aryl methyl sites for hydroxylation is 1. The number of hydrogen-bond donors (Lipinski definition) is 1. The minimum absolute atomic E-state index is 0.0932. The number of rotatable bonds is 4. The van der Waals surface area contributed by atoms with Crippen LogP contribution in [0.15, 0.2) is 30.5 Å². The summed E-state index contributed by atoms with van der Waals surface area (Å²) in [6.45, 7) is 4.70. The molecule has 2 aromatic heterocycles. The zero-order valence-electron chi connectivity index (χ0n) is 15.3. The molecule has 1 fully saturated rings. The van der Waals surface area contributed by atoms with E-state index in [1.54, 1.807) is 21.7 Å². The number of aromatic nitrogens is 3. The molecule has 1 N–H and O–H groups in total. The van der Waals surface area contributed by atoms with E-state index in [0.717, 1.165) is 11.1 Å². The number of carbonyl (C=O) groups is 1. The molecule has 0 atom stereocenters. The van der Waals surface area contributed by atoms with Gasteiger partial charge in [0, 0.05) is 19.6 Å². The number of anilines is 1. The number of halogens is 2. The van der Waals surface area contributed by atoms with Crippen molar-refractivity contribution in [1.29, 1.82) is 0 Å². The summed E-state index contributed by atoms with van der Waals surface area (Å²) in [7, 11) is 0. The number of ether oxygens (including phenoxy) is 1. The molecular weight excluding hydrogens is 401 g/mol. The fourth-order valence-corrected chi connectivity index (χ4v) is 3.45. The van der Waals surface area contributed by atoms with Crippen molar-refractivity contribution in [2.24, 2.45) is 0 Å². The molecule has 7 nitrogen and oxygen atoms in total. The predicted octanol–water partition coefficient (Wildman–Crippen LogP) is 3.43. The van der Waals surface area contributed by atoms with Gasteiger partial charge in [0.25, 0.3) is 5.91 Å². The number of morpholine rings is 1. The predicted molar refractivity (Wildman–Crippen MR) is 108 cm³/mol. The zero-order chi connectivity index (χ0) is 19.7. The van der Waals surface area contributed by atoms with Gasteiger partial charge in [-0.15, -0.1) is 5.10 Å². The summed E-state index contributed by atoms with van der Waals surface area (Å²) in [6, 6.07) is 7.38. The minimum Gasteiger partial charge on any atom is -0.378 e. The van der Waals surface area contributed by atoms with Gasteiger partial charge in [0.1, 0.15) is 5.82 Å². The molecule has 9 heteroatoms. The number of benzene rings is 1. The van der Waals surface area contributed by atoms with Gasteiger partial charge in [-0.2, -0.15) is 0 Å². The lowest BCUT2D eigenvalue weighted by Crippen LogP contribution is -2.41. The standard InChI is InChI=1S/C19H19Cl2N5O2/c1-12-8-17(22-10-13-2-3-14(20)15(21)9-13)24-26-16(11-23-18(12)26)19(27)25-4-6-28-7-5-25/h2-3,8-9,11H,4-7,10H2,1H3,(H,22,24). The molecule has 146 valence electrons. The van der Waals surface area contributed by atoms with Crippen molar-refractivity contribution in [1.82, 2.24) is 19.5 Å². The molecule has 1 aromatic carbocycles. The maximum Gasteiger partial charge on any atom is 0.274 e. The van der Waals surface area contributed by atoms with Crippen molar-refractivity contribution in [3.8, 4) is 0 Å². The zero-order valence-corrected chi connectivity index (χ0v) is 16.8. The Morgan fingerprint density at radius 1 is 1.21 bits per heavy atom. The van der Waals surface area contributed by atoms with Gasteiger partial charge in [0.05, 0.1) is 29.5 Å². The van der Waals surface area contributed by atoms with E-state index in [4.69, 9.17) is 27.9 Å². The molecule has 3 aromatic rings. The van der Waals surface area contributed by atoms with Crippen molar-refractivity contribution >= 4 is 40.6 Å². The Morgan fingerprint density at radius 2 is 2.00 bits per heavy atom. The van der Waals surface area contributed by atoms with Crippen molar-refractivity contribution in [3.05, 3.63) is 57.3 Å². The van der Waals surface area contributed by atoms with Crippen LogP contribution in [0.25, 0.3) is 5.65 Å². The summed E-state index contributed by atoms with van der Waals surface area (Å²) in [5.74, 6) is 0.550. The first kappa shape index (κ1) is 19.0. The highest BCUT2D eigenvalue weighted by atomic mass is 35.5. The molecule has 4 rings (SSSR count). The fraction of sp³-hybridized carbons (Fsp3) is 0.316. The van der Waals surface area contributed by atoms with Gasteiger partial charge in [-0.1, -0.05) is 29.3 Å². The Balaban J connectivity index is 1.59. The lowest BCUT2D eigenvalue weighted by Gasteiger charge is -2.26. The molecule has 0 unspecified atom stereocenters. The molecule has 1 aliphatic heterocycles. The minimum atomic E-state index is -0.0932.